The molecule has 0 atom stereocenters. The number of nitrogens with zero attached hydrogens (tertiary/aromatic N) is 5. The van der Waals surface area contributed by atoms with Gasteiger partial charge in [0.1, 0.15) is 0 Å². The maximum Gasteiger partial charge on any atom is 0.243 e. The molecule has 2 aromatic rings. The first-order valence-corrected chi connectivity index (χ1v) is 11.3. The van der Waals surface area contributed by atoms with Gasteiger partial charge in [0.15, 0.2) is 11.6 Å². The Bertz CT molecular complexity index is 932. The summed E-state index contributed by atoms with van der Waals surface area (Å²) in [5.74, 6) is 1.74. The average molecular weight is 402 g/mol. The molecule has 0 radical (unpaired) electrons. The molecule has 0 N–H and O–H groups in total. The maximum atomic E-state index is 13.0. The third-order valence-electron chi connectivity index (χ3n) is 5.75. The van der Waals surface area contributed by atoms with E-state index in [2.05, 4.69) is 20.0 Å². The molecule has 1 aromatic heterocycles. The van der Waals surface area contributed by atoms with Crippen molar-refractivity contribution in [2.45, 2.75) is 31.6 Å². The van der Waals surface area contributed by atoms with Crippen LogP contribution in [0, 0.1) is 13.8 Å². The first-order chi connectivity index (χ1) is 13.4. The number of rotatable bonds is 4. The maximum absolute atomic E-state index is 13.0. The molecule has 7 nitrogen and oxygen atoms in total. The van der Waals surface area contributed by atoms with E-state index < -0.39 is 10.0 Å². The molecule has 28 heavy (non-hydrogen) atoms. The smallest absolute Gasteiger partial charge is 0.243 e. The number of sulfonamides is 1. The van der Waals surface area contributed by atoms with Gasteiger partial charge < -0.3 is 9.80 Å². The van der Waals surface area contributed by atoms with E-state index in [1.165, 1.54) is 12.8 Å². The zero-order valence-corrected chi connectivity index (χ0v) is 17.3. The molecular weight excluding hydrogens is 374 g/mol. The Kier molecular flexibility index (Phi) is 5.25. The average Bonchev–Trinajstić information content (AvgIpc) is 3.25. The summed E-state index contributed by atoms with van der Waals surface area (Å²) in [6.45, 7) is 8.14. The first-order valence-electron chi connectivity index (χ1n) is 9.86. The Morgan fingerprint density at radius 1 is 0.750 bits per heavy atom. The Balaban J connectivity index is 1.41. The Hall–Kier alpha value is -2.19. The summed E-state index contributed by atoms with van der Waals surface area (Å²) in [7, 11) is -3.46. The van der Waals surface area contributed by atoms with Crippen LogP contribution >= 0.6 is 0 Å². The molecule has 0 aliphatic carbocycles. The molecular formula is C20H27N5O2S. The van der Waals surface area contributed by atoms with Crippen LogP contribution in [0.5, 0.6) is 0 Å². The lowest BCUT2D eigenvalue weighted by Gasteiger charge is -2.34. The van der Waals surface area contributed by atoms with Crippen molar-refractivity contribution in [1.82, 2.24) is 14.5 Å². The molecule has 2 fully saturated rings. The number of aromatic nitrogens is 2. The summed E-state index contributed by atoms with van der Waals surface area (Å²) in [4.78, 5) is 4.73. The molecule has 2 saturated heterocycles. The molecule has 8 heteroatoms. The van der Waals surface area contributed by atoms with E-state index in [-0.39, 0.29) is 0 Å². The van der Waals surface area contributed by atoms with E-state index in [0.29, 0.717) is 31.1 Å². The lowest BCUT2D eigenvalue weighted by molar-refractivity contribution is 0.383. The van der Waals surface area contributed by atoms with Gasteiger partial charge in [-0.05, 0) is 62.1 Å². The van der Waals surface area contributed by atoms with Crippen molar-refractivity contribution in [2.75, 3.05) is 49.1 Å². The highest BCUT2D eigenvalue weighted by Crippen LogP contribution is 2.23. The summed E-state index contributed by atoms with van der Waals surface area (Å²) < 4.78 is 27.5. The number of piperazine rings is 1. The van der Waals surface area contributed by atoms with Crippen molar-refractivity contribution in [2.24, 2.45) is 0 Å². The second-order valence-corrected chi connectivity index (χ2v) is 9.52. The van der Waals surface area contributed by atoms with E-state index in [9.17, 15) is 8.42 Å². The Labute approximate surface area is 167 Å². The molecule has 1 aromatic carbocycles. The van der Waals surface area contributed by atoms with Gasteiger partial charge in [-0.2, -0.15) is 4.31 Å². The van der Waals surface area contributed by atoms with Crippen LogP contribution in [0.25, 0.3) is 0 Å². The monoisotopic (exact) mass is 401 g/mol. The molecule has 3 heterocycles. The summed E-state index contributed by atoms with van der Waals surface area (Å²) in [6, 6.07) is 9.35. The number of benzene rings is 1. The second kappa shape index (κ2) is 7.67. The fraction of sp³-hybridized carbons (Fsp3) is 0.500. The van der Waals surface area contributed by atoms with Crippen LogP contribution in [0.4, 0.5) is 11.6 Å². The van der Waals surface area contributed by atoms with Gasteiger partial charge in [-0.25, -0.2) is 8.42 Å². The van der Waals surface area contributed by atoms with Crippen molar-refractivity contribution in [3.63, 3.8) is 0 Å². The van der Waals surface area contributed by atoms with E-state index >= 15 is 0 Å². The first kappa shape index (κ1) is 19.1. The minimum absolute atomic E-state index is 0.374. The molecule has 0 spiro atoms. The molecule has 0 amide bonds. The minimum Gasteiger partial charge on any atom is -0.355 e. The Morgan fingerprint density at radius 2 is 1.32 bits per heavy atom. The van der Waals surface area contributed by atoms with E-state index in [0.717, 1.165) is 35.9 Å². The SMILES string of the molecule is Cc1ccc(S(=O)(=O)N2CCN(c3ccc(N4CCCC4)nn3)CC2)cc1C. The van der Waals surface area contributed by atoms with E-state index in [1.807, 2.05) is 32.0 Å². The van der Waals surface area contributed by atoms with Gasteiger partial charge in [-0.3, -0.25) is 0 Å². The van der Waals surface area contributed by atoms with Gasteiger partial charge in [0, 0.05) is 39.3 Å². The molecule has 2 aliphatic rings. The fourth-order valence-corrected chi connectivity index (χ4v) is 5.29. The van der Waals surface area contributed by atoms with Gasteiger partial charge in [-0.1, -0.05) is 6.07 Å². The lowest BCUT2D eigenvalue weighted by atomic mass is 10.1. The van der Waals surface area contributed by atoms with Gasteiger partial charge in [0.25, 0.3) is 0 Å². The van der Waals surface area contributed by atoms with Crippen LogP contribution in [-0.2, 0) is 10.0 Å². The number of hydrogen-bond donors (Lipinski definition) is 0. The van der Waals surface area contributed by atoms with Gasteiger partial charge in [0.2, 0.25) is 10.0 Å². The summed E-state index contributed by atoms with van der Waals surface area (Å²) in [6.07, 6.45) is 2.42. The van der Waals surface area contributed by atoms with Crippen LogP contribution < -0.4 is 9.80 Å². The molecule has 0 saturated carbocycles. The third kappa shape index (κ3) is 3.71. The summed E-state index contributed by atoms with van der Waals surface area (Å²) in [5.41, 5.74) is 2.09. The quantitative estimate of drug-likeness (QED) is 0.782. The highest BCUT2D eigenvalue weighted by Gasteiger charge is 2.29. The van der Waals surface area contributed by atoms with E-state index in [4.69, 9.17) is 0 Å². The van der Waals surface area contributed by atoms with Gasteiger partial charge in [-0.15, -0.1) is 10.2 Å². The molecule has 4 rings (SSSR count). The van der Waals surface area contributed by atoms with Crippen molar-refractivity contribution < 1.29 is 8.42 Å². The zero-order valence-electron chi connectivity index (χ0n) is 16.5. The van der Waals surface area contributed by atoms with Gasteiger partial charge in [0.05, 0.1) is 4.90 Å². The highest BCUT2D eigenvalue weighted by molar-refractivity contribution is 7.89. The summed E-state index contributed by atoms with van der Waals surface area (Å²) in [5, 5.41) is 8.75. The zero-order chi connectivity index (χ0) is 19.7. The van der Waals surface area contributed by atoms with Crippen LogP contribution in [0.3, 0.4) is 0 Å². The van der Waals surface area contributed by atoms with Crippen molar-refractivity contribution in [3.8, 4) is 0 Å². The third-order valence-corrected chi connectivity index (χ3v) is 7.64. The number of anilines is 2. The second-order valence-electron chi connectivity index (χ2n) is 7.58. The fourth-order valence-electron chi connectivity index (χ4n) is 3.78. The highest BCUT2D eigenvalue weighted by atomic mass is 32.2. The van der Waals surface area contributed by atoms with Crippen molar-refractivity contribution >= 4 is 21.7 Å². The van der Waals surface area contributed by atoms with Crippen LogP contribution in [0.15, 0.2) is 35.2 Å². The molecule has 0 unspecified atom stereocenters. The standard InChI is InChI=1S/C20H27N5O2S/c1-16-5-6-18(15-17(16)2)28(26,27)25-13-11-24(12-14-25)20-8-7-19(21-22-20)23-9-3-4-10-23/h5-8,15H,3-4,9-14H2,1-2H3. The summed E-state index contributed by atoms with van der Waals surface area (Å²) >= 11 is 0. The van der Waals surface area contributed by atoms with Crippen LogP contribution in [0.1, 0.15) is 24.0 Å². The van der Waals surface area contributed by atoms with Crippen molar-refractivity contribution in [3.05, 3.63) is 41.5 Å². The Morgan fingerprint density at radius 3 is 1.86 bits per heavy atom. The van der Waals surface area contributed by atoms with E-state index in [1.54, 1.807) is 16.4 Å². The van der Waals surface area contributed by atoms with Gasteiger partial charge >= 0.3 is 0 Å². The number of aryl methyl sites for hydroxylation is 2. The van der Waals surface area contributed by atoms with Crippen LogP contribution in [0.2, 0.25) is 0 Å². The molecule has 2 aliphatic heterocycles. The number of hydrogen-bond acceptors (Lipinski definition) is 6. The minimum atomic E-state index is -3.46. The normalized spacial score (nSPS) is 18.6. The molecule has 0 bridgehead atoms. The van der Waals surface area contributed by atoms with Crippen molar-refractivity contribution in [1.29, 1.82) is 0 Å². The predicted octanol–water partition coefficient (Wildman–Crippen LogP) is 2.20. The van der Waals surface area contributed by atoms with Crippen LogP contribution in [-0.4, -0.2) is 62.2 Å². The predicted molar refractivity (Wildman–Crippen MR) is 110 cm³/mol. The topological polar surface area (TPSA) is 69.6 Å². The lowest BCUT2D eigenvalue weighted by Crippen LogP contribution is -2.49. The largest absolute Gasteiger partial charge is 0.355 e. The molecule has 150 valence electrons.